The molecule has 0 unspecified atom stereocenters. The molecule has 0 rings (SSSR count). The maximum absolute atomic E-state index is 12.9. The van der Waals surface area contributed by atoms with E-state index in [1.807, 2.05) is 0 Å². The lowest BCUT2D eigenvalue weighted by Gasteiger charge is -2.14. The molecule has 0 aliphatic heterocycles. The van der Waals surface area contributed by atoms with Gasteiger partial charge < -0.3 is 0 Å². The first kappa shape index (κ1) is 12.7. The molecule has 4 nitrogen and oxygen atoms in total. The van der Waals surface area contributed by atoms with Gasteiger partial charge in [-0.15, -0.1) is 7.77 Å². The number of alkyl halides is 1. The van der Waals surface area contributed by atoms with Crippen molar-refractivity contribution in [1.82, 2.24) is 0 Å². The lowest BCUT2D eigenvalue weighted by molar-refractivity contribution is 0.312. The standard InChI is InChI=1S/C4H7F3O4S2/c1-2-3-4(5,12(6,8)9)13(7,10)11/h2-3H2,1H3. The Bertz CT molecular complexity index is 338. The summed E-state index contributed by atoms with van der Waals surface area (Å²) in [5.41, 5.74) is 0. The van der Waals surface area contributed by atoms with Crippen LogP contribution >= 0.6 is 0 Å². The molecule has 0 aliphatic rings. The molecule has 0 N–H and O–H groups in total. The van der Waals surface area contributed by atoms with Crippen molar-refractivity contribution in [2.45, 2.75) is 24.1 Å². The molecule has 0 radical (unpaired) electrons. The Balaban J connectivity index is 5.50. The maximum atomic E-state index is 12.9. The van der Waals surface area contributed by atoms with Crippen molar-refractivity contribution < 1.29 is 29.0 Å². The highest BCUT2D eigenvalue weighted by Gasteiger charge is 2.57. The Labute approximate surface area is 74.2 Å². The Hall–Kier alpha value is -0.310. The highest BCUT2D eigenvalue weighted by Crippen LogP contribution is 2.34. The number of hydrogen-bond donors (Lipinski definition) is 0. The molecule has 0 saturated carbocycles. The summed E-state index contributed by atoms with van der Waals surface area (Å²) in [7, 11) is -12.2. The molecule has 0 spiro atoms. The third-order valence-corrected chi connectivity index (χ3v) is 4.34. The zero-order valence-corrected chi connectivity index (χ0v) is 8.13. The van der Waals surface area contributed by atoms with E-state index in [-0.39, 0.29) is 6.42 Å². The molecule has 0 aromatic heterocycles. The lowest BCUT2D eigenvalue weighted by Crippen LogP contribution is -2.37. The second-order valence-electron chi connectivity index (χ2n) is 2.29. The minimum atomic E-state index is -6.11. The SMILES string of the molecule is CCCC(F)(S(=O)(=O)F)S(=O)(=O)F. The van der Waals surface area contributed by atoms with Crippen LogP contribution in [0.1, 0.15) is 19.8 Å². The molecule has 13 heavy (non-hydrogen) atoms. The molecule has 0 saturated heterocycles. The smallest absolute Gasteiger partial charge is 0.202 e. The zero-order chi connectivity index (χ0) is 10.9. The summed E-state index contributed by atoms with van der Waals surface area (Å²) in [6.45, 7) is 1.19. The van der Waals surface area contributed by atoms with E-state index in [0.29, 0.717) is 0 Å². The van der Waals surface area contributed by atoms with Gasteiger partial charge in [0.2, 0.25) is 0 Å². The number of hydrogen-bond acceptors (Lipinski definition) is 4. The minimum absolute atomic E-state index is 0.331. The van der Waals surface area contributed by atoms with Crippen molar-refractivity contribution in [3.05, 3.63) is 0 Å². The van der Waals surface area contributed by atoms with Crippen molar-refractivity contribution in [2.75, 3.05) is 0 Å². The average Bonchev–Trinajstić information content (AvgIpc) is 1.82. The van der Waals surface area contributed by atoms with Gasteiger partial charge in [0.05, 0.1) is 0 Å². The summed E-state index contributed by atoms with van der Waals surface area (Å²) in [6, 6.07) is 0. The first-order valence-corrected chi connectivity index (χ1v) is 5.90. The van der Waals surface area contributed by atoms with E-state index < -0.39 is 31.2 Å². The molecular weight excluding hydrogens is 233 g/mol. The maximum Gasteiger partial charge on any atom is 0.366 e. The fourth-order valence-corrected chi connectivity index (χ4v) is 2.51. The Morgan fingerprint density at radius 1 is 1.08 bits per heavy atom. The van der Waals surface area contributed by atoms with Gasteiger partial charge in [-0.1, -0.05) is 13.3 Å². The molecule has 9 heteroatoms. The minimum Gasteiger partial charge on any atom is -0.202 e. The van der Waals surface area contributed by atoms with Gasteiger partial charge in [-0.25, -0.2) is 4.39 Å². The van der Waals surface area contributed by atoms with Crippen LogP contribution in [0.2, 0.25) is 0 Å². The zero-order valence-electron chi connectivity index (χ0n) is 6.50. The van der Waals surface area contributed by atoms with Crippen molar-refractivity contribution in [3.8, 4) is 0 Å². The van der Waals surface area contributed by atoms with Gasteiger partial charge in [-0.3, -0.25) is 0 Å². The second-order valence-corrected chi connectivity index (χ2v) is 5.59. The van der Waals surface area contributed by atoms with E-state index in [1.54, 1.807) is 0 Å². The van der Waals surface area contributed by atoms with Crippen molar-refractivity contribution in [1.29, 1.82) is 0 Å². The van der Waals surface area contributed by atoms with E-state index in [4.69, 9.17) is 0 Å². The molecule has 80 valence electrons. The van der Waals surface area contributed by atoms with E-state index in [0.717, 1.165) is 0 Å². The molecule has 0 aromatic rings. The topological polar surface area (TPSA) is 68.3 Å². The first-order valence-electron chi connectivity index (χ1n) is 3.13. The van der Waals surface area contributed by atoms with Crippen LogP contribution in [-0.4, -0.2) is 21.2 Å². The van der Waals surface area contributed by atoms with E-state index in [9.17, 15) is 29.0 Å². The van der Waals surface area contributed by atoms with Crippen LogP contribution in [0.25, 0.3) is 0 Å². The summed E-state index contributed by atoms with van der Waals surface area (Å²) < 4.78 is 72.7. The number of halogens is 3. The predicted octanol–water partition coefficient (Wildman–Crippen LogP) is 1.01. The Kier molecular flexibility index (Phi) is 3.36. The molecule has 0 heterocycles. The van der Waals surface area contributed by atoms with Crippen LogP contribution in [0.3, 0.4) is 0 Å². The monoisotopic (exact) mass is 240 g/mol. The Morgan fingerprint density at radius 2 is 1.38 bits per heavy atom. The third kappa shape index (κ3) is 2.33. The molecule has 0 atom stereocenters. The summed E-state index contributed by atoms with van der Waals surface area (Å²) in [5, 5.41) is 0. The average molecular weight is 240 g/mol. The summed E-state index contributed by atoms with van der Waals surface area (Å²) in [6.07, 6.45) is -1.60. The van der Waals surface area contributed by atoms with E-state index in [2.05, 4.69) is 0 Å². The second kappa shape index (κ2) is 3.45. The normalized spacial score (nSPS) is 14.5. The van der Waals surface area contributed by atoms with Gasteiger partial charge >= 0.3 is 24.8 Å². The van der Waals surface area contributed by atoms with Gasteiger partial charge in [0.1, 0.15) is 0 Å². The summed E-state index contributed by atoms with van der Waals surface area (Å²) in [4.78, 5) is 0. The van der Waals surface area contributed by atoms with Crippen molar-refractivity contribution in [2.24, 2.45) is 0 Å². The largest absolute Gasteiger partial charge is 0.366 e. The fraction of sp³-hybridized carbons (Fsp3) is 1.00. The summed E-state index contributed by atoms with van der Waals surface area (Å²) >= 11 is 0. The van der Waals surface area contributed by atoms with Crippen LogP contribution in [0.4, 0.5) is 12.2 Å². The van der Waals surface area contributed by atoms with Crippen LogP contribution in [0.15, 0.2) is 0 Å². The molecular formula is C4H7F3O4S2. The van der Waals surface area contributed by atoms with Crippen LogP contribution in [0, 0.1) is 0 Å². The highest BCUT2D eigenvalue weighted by atomic mass is 32.3. The molecule has 0 aromatic carbocycles. The predicted molar refractivity (Wildman–Crippen MR) is 38.8 cm³/mol. The van der Waals surface area contributed by atoms with Gasteiger partial charge in [0.25, 0.3) is 0 Å². The van der Waals surface area contributed by atoms with Crippen molar-refractivity contribution >= 4 is 20.4 Å². The highest BCUT2D eigenvalue weighted by molar-refractivity contribution is 8.05. The van der Waals surface area contributed by atoms with E-state index in [1.165, 1.54) is 6.92 Å². The first-order chi connectivity index (χ1) is 5.56. The number of rotatable bonds is 4. The van der Waals surface area contributed by atoms with Gasteiger partial charge in [0.15, 0.2) is 0 Å². The third-order valence-electron chi connectivity index (χ3n) is 1.28. The van der Waals surface area contributed by atoms with Crippen LogP contribution < -0.4 is 0 Å². The lowest BCUT2D eigenvalue weighted by atomic mass is 10.4. The quantitative estimate of drug-likeness (QED) is 0.688. The molecule has 0 fully saturated rings. The van der Waals surface area contributed by atoms with Gasteiger partial charge in [-0.2, -0.15) is 16.8 Å². The van der Waals surface area contributed by atoms with Crippen LogP contribution in [0.5, 0.6) is 0 Å². The van der Waals surface area contributed by atoms with Gasteiger partial charge in [-0.05, 0) is 0 Å². The molecule has 0 aliphatic carbocycles. The van der Waals surface area contributed by atoms with Crippen LogP contribution in [-0.2, 0) is 20.4 Å². The van der Waals surface area contributed by atoms with Gasteiger partial charge in [0, 0.05) is 6.42 Å². The molecule has 0 bridgehead atoms. The fourth-order valence-electron chi connectivity index (χ4n) is 0.661. The van der Waals surface area contributed by atoms with Crippen molar-refractivity contribution in [3.63, 3.8) is 0 Å². The Morgan fingerprint density at radius 3 is 1.46 bits per heavy atom. The van der Waals surface area contributed by atoms with E-state index >= 15 is 0 Å². The summed E-state index contributed by atoms with van der Waals surface area (Å²) in [5.74, 6) is 0. The molecule has 0 amide bonds.